The summed E-state index contributed by atoms with van der Waals surface area (Å²) in [5, 5.41) is 12.7. The monoisotopic (exact) mass is 418 g/mol. The van der Waals surface area contributed by atoms with Gasteiger partial charge in [-0.1, -0.05) is 18.2 Å². The maximum atomic E-state index is 12.2. The fourth-order valence-corrected chi connectivity index (χ4v) is 3.96. The fourth-order valence-electron chi connectivity index (χ4n) is 2.81. The summed E-state index contributed by atoms with van der Waals surface area (Å²) < 4.78 is 26.7. The van der Waals surface area contributed by atoms with Crippen LogP contribution in [0.3, 0.4) is 0 Å². The standard InChI is InChI=1S/C18H18N4O6S/c19-16(24)6-7-20-18(26)13-3-1-2-11(8-13)12-4-5-15(23)14(9-12)22-10-17(25)21-29(22,27)28/h1-5,8-9,23H,6-7,10H2,(H2,19,24)(H,20,26)(H,21,25). The third kappa shape index (κ3) is 4.46. The topological polar surface area (TPSA) is 159 Å². The van der Waals surface area contributed by atoms with E-state index in [1.54, 1.807) is 30.3 Å². The molecule has 1 aliphatic heterocycles. The molecule has 2 aromatic carbocycles. The summed E-state index contributed by atoms with van der Waals surface area (Å²) in [5.41, 5.74) is 6.42. The molecule has 0 unspecified atom stereocenters. The Kier molecular flexibility index (Phi) is 5.41. The number of rotatable bonds is 6. The minimum absolute atomic E-state index is 0.0177. The molecular formula is C18H18N4O6S. The van der Waals surface area contributed by atoms with Gasteiger partial charge in [-0.3, -0.25) is 14.4 Å². The SMILES string of the molecule is NC(=O)CCNC(=O)c1cccc(-c2ccc(O)c(N3CC(=O)NS3(=O)=O)c2)c1. The van der Waals surface area contributed by atoms with E-state index >= 15 is 0 Å². The summed E-state index contributed by atoms with van der Waals surface area (Å²) in [6.45, 7) is -0.336. The number of phenolic OH excluding ortho intramolecular Hbond substituents is 1. The largest absolute Gasteiger partial charge is 0.506 e. The number of carbonyl (C=O) groups is 3. The summed E-state index contributed by atoms with van der Waals surface area (Å²) in [4.78, 5) is 34.5. The van der Waals surface area contributed by atoms with E-state index in [9.17, 15) is 27.9 Å². The van der Waals surface area contributed by atoms with Gasteiger partial charge in [0.2, 0.25) is 5.91 Å². The lowest BCUT2D eigenvalue weighted by atomic mass is 10.0. The molecule has 3 amide bonds. The van der Waals surface area contributed by atoms with Crippen molar-refractivity contribution in [2.45, 2.75) is 6.42 Å². The molecule has 152 valence electrons. The average molecular weight is 418 g/mol. The number of carbonyl (C=O) groups excluding carboxylic acids is 3. The van der Waals surface area contributed by atoms with Crippen LogP contribution in [0.15, 0.2) is 42.5 Å². The van der Waals surface area contributed by atoms with Gasteiger partial charge < -0.3 is 16.2 Å². The van der Waals surface area contributed by atoms with Crippen LogP contribution in [0.1, 0.15) is 16.8 Å². The first-order chi connectivity index (χ1) is 13.7. The molecule has 10 nitrogen and oxygen atoms in total. The Morgan fingerprint density at radius 1 is 1.17 bits per heavy atom. The van der Waals surface area contributed by atoms with Crippen molar-refractivity contribution < 1.29 is 27.9 Å². The van der Waals surface area contributed by atoms with Crippen molar-refractivity contribution in [1.82, 2.24) is 10.0 Å². The second kappa shape index (κ2) is 7.80. The van der Waals surface area contributed by atoms with Crippen LogP contribution < -0.4 is 20.1 Å². The number of nitrogens with two attached hydrogens (primary N) is 1. The van der Waals surface area contributed by atoms with E-state index in [-0.39, 0.29) is 24.4 Å². The van der Waals surface area contributed by atoms with Crippen molar-refractivity contribution in [3.63, 3.8) is 0 Å². The van der Waals surface area contributed by atoms with Gasteiger partial charge in [-0.2, -0.15) is 8.42 Å². The van der Waals surface area contributed by atoms with E-state index in [2.05, 4.69) is 5.32 Å². The Morgan fingerprint density at radius 2 is 1.90 bits per heavy atom. The van der Waals surface area contributed by atoms with Gasteiger partial charge in [0, 0.05) is 18.5 Å². The highest BCUT2D eigenvalue weighted by Crippen LogP contribution is 2.35. The molecule has 29 heavy (non-hydrogen) atoms. The van der Waals surface area contributed by atoms with Crippen molar-refractivity contribution in [2.24, 2.45) is 5.73 Å². The first-order valence-corrected chi connectivity index (χ1v) is 9.94. The molecule has 2 aromatic rings. The number of primary amides is 1. The molecule has 0 saturated carbocycles. The van der Waals surface area contributed by atoms with Crippen LogP contribution in [0, 0.1) is 0 Å². The highest BCUT2D eigenvalue weighted by Gasteiger charge is 2.35. The van der Waals surface area contributed by atoms with E-state index in [0.29, 0.717) is 16.7 Å². The smallest absolute Gasteiger partial charge is 0.326 e. The van der Waals surface area contributed by atoms with E-state index in [1.165, 1.54) is 12.1 Å². The summed E-state index contributed by atoms with van der Waals surface area (Å²) in [7, 11) is -4.08. The molecule has 0 radical (unpaired) electrons. The molecule has 3 rings (SSSR count). The Hall–Kier alpha value is -3.60. The normalized spacial score (nSPS) is 15.0. The zero-order chi connectivity index (χ0) is 21.2. The summed E-state index contributed by atoms with van der Waals surface area (Å²) in [5.74, 6) is -1.94. The van der Waals surface area contributed by atoms with Gasteiger partial charge in [-0.15, -0.1) is 0 Å². The van der Waals surface area contributed by atoms with Gasteiger partial charge in [0.1, 0.15) is 12.3 Å². The first-order valence-electron chi connectivity index (χ1n) is 8.50. The van der Waals surface area contributed by atoms with Gasteiger partial charge in [0.05, 0.1) is 5.69 Å². The number of amides is 3. The van der Waals surface area contributed by atoms with E-state index in [1.807, 2.05) is 4.72 Å². The highest BCUT2D eigenvalue weighted by molar-refractivity contribution is 7.92. The molecule has 0 atom stereocenters. The molecule has 0 aromatic heterocycles. The third-order valence-corrected chi connectivity index (χ3v) is 5.57. The fraction of sp³-hybridized carbons (Fsp3) is 0.167. The predicted molar refractivity (Wildman–Crippen MR) is 104 cm³/mol. The van der Waals surface area contributed by atoms with Gasteiger partial charge in [0.25, 0.3) is 11.8 Å². The molecular weight excluding hydrogens is 400 g/mol. The van der Waals surface area contributed by atoms with Crippen LogP contribution in [0.2, 0.25) is 0 Å². The van der Waals surface area contributed by atoms with Crippen molar-refractivity contribution in [3.8, 4) is 16.9 Å². The van der Waals surface area contributed by atoms with Crippen LogP contribution >= 0.6 is 0 Å². The molecule has 1 saturated heterocycles. The molecule has 1 heterocycles. The number of nitrogens with zero attached hydrogens (tertiary/aromatic N) is 1. The van der Waals surface area contributed by atoms with Crippen molar-refractivity contribution in [1.29, 1.82) is 0 Å². The predicted octanol–water partition coefficient (Wildman–Crippen LogP) is -0.155. The van der Waals surface area contributed by atoms with Crippen LogP contribution in [0.5, 0.6) is 5.75 Å². The Morgan fingerprint density at radius 3 is 2.55 bits per heavy atom. The van der Waals surface area contributed by atoms with Crippen molar-refractivity contribution in [3.05, 3.63) is 48.0 Å². The molecule has 1 fully saturated rings. The maximum Gasteiger partial charge on any atom is 0.326 e. The van der Waals surface area contributed by atoms with Gasteiger partial charge >= 0.3 is 10.2 Å². The van der Waals surface area contributed by atoms with Crippen LogP contribution in [0.25, 0.3) is 11.1 Å². The minimum atomic E-state index is -4.08. The van der Waals surface area contributed by atoms with E-state index < -0.39 is 34.5 Å². The van der Waals surface area contributed by atoms with Gasteiger partial charge in [0.15, 0.2) is 0 Å². The Balaban J connectivity index is 1.89. The number of benzene rings is 2. The maximum absolute atomic E-state index is 12.2. The number of hydrogen-bond donors (Lipinski definition) is 4. The van der Waals surface area contributed by atoms with Gasteiger partial charge in [-0.05, 0) is 35.4 Å². The minimum Gasteiger partial charge on any atom is -0.506 e. The lowest BCUT2D eigenvalue weighted by molar-refractivity contribution is -0.118. The molecule has 0 bridgehead atoms. The second-order valence-electron chi connectivity index (χ2n) is 6.29. The molecule has 11 heteroatoms. The average Bonchev–Trinajstić information content (AvgIpc) is 2.93. The lowest BCUT2D eigenvalue weighted by Gasteiger charge is -2.17. The Bertz CT molecular complexity index is 1100. The van der Waals surface area contributed by atoms with Crippen LogP contribution in [-0.2, 0) is 19.8 Å². The number of hydrogen-bond acceptors (Lipinski definition) is 6. The molecule has 0 aliphatic carbocycles. The molecule has 1 aliphatic rings. The first kappa shape index (κ1) is 20.1. The van der Waals surface area contributed by atoms with E-state index in [4.69, 9.17) is 5.73 Å². The molecule has 0 spiro atoms. The van der Waals surface area contributed by atoms with Crippen LogP contribution in [0.4, 0.5) is 5.69 Å². The van der Waals surface area contributed by atoms with E-state index in [0.717, 1.165) is 4.31 Å². The van der Waals surface area contributed by atoms with Crippen molar-refractivity contribution in [2.75, 3.05) is 17.4 Å². The van der Waals surface area contributed by atoms with Gasteiger partial charge in [-0.25, -0.2) is 9.03 Å². The van der Waals surface area contributed by atoms with Crippen molar-refractivity contribution >= 4 is 33.6 Å². The number of anilines is 1. The zero-order valence-electron chi connectivity index (χ0n) is 15.1. The third-order valence-electron chi connectivity index (χ3n) is 4.18. The second-order valence-corrected chi connectivity index (χ2v) is 7.89. The summed E-state index contributed by atoms with van der Waals surface area (Å²) >= 11 is 0. The summed E-state index contributed by atoms with van der Waals surface area (Å²) in [6.07, 6.45) is 0.0177. The zero-order valence-corrected chi connectivity index (χ0v) is 15.9. The number of nitrogens with one attached hydrogen (secondary N) is 2. The number of phenols is 1. The number of aromatic hydroxyl groups is 1. The summed E-state index contributed by atoms with van der Waals surface area (Å²) in [6, 6.07) is 10.8. The lowest BCUT2D eigenvalue weighted by Crippen LogP contribution is -2.29. The van der Waals surface area contributed by atoms with Crippen LogP contribution in [-0.4, -0.2) is 44.3 Å². The Labute approximate surface area is 166 Å². The highest BCUT2D eigenvalue weighted by atomic mass is 32.2. The molecule has 5 N–H and O–H groups in total. The quantitative estimate of drug-likeness (QED) is 0.510.